The number of carbonyl (C=O) groups excluding carboxylic acids is 1. The van der Waals surface area contributed by atoms with Crippen LogP contribution in [0.5, 0.6) is 23.0 Å². The molecule has 0 saturated heterocycles. The molecular formula is C29H28N2O5. The van der Waals surface area contributed by atoms with E-state index < -0.39 is 11.9 Å². The molecular weight excluding hydrogens is 456 g/mol. The zero-order valence-corrected chi connectivity index (χ0v) is 20.7. The predicted octanol–water partition coefficient (Wildman–Crippen LogP) is 5.48. The van der Waals surface area contributed by atoms with Crippen molar-refractivity contribution in [2.75, 3.05) is 13.7 Å². The number of nitriles is 1. The lowest BCUT2D eigenvalue weighted by atomic mass is 9.83. The summed E-state index contributed by atoms with van der Waals surface area (Å²) in [5.74, 6) is 1.27. The van der Waals surface area contributed by atoms with E-state index in [2.05, 4.69) is 19.9 Å². The molecule has 184 valence electrons. The minimum atomic E-state index is -0.492. The van der Waals surface area contributed by atoms with Gasteiger partial charge in [-0.25, -0.2) is 4.79 Å². The fourth-order valence-electron chi connectivity index (χ4n) is 3.94. The maximum Gasteiger partial charge on any atom is 0.343 e. The van der Waals surface area contributed by atoms with Gasteiger partial charge in [-0.15, -0.1) is 0 Å². The number of rotatable bonds is 7. The van der Waals surface area contributed by atoms with Crippen molar-refractivity contribution < 1.29 is 23.7 Å². The fraction of sp³-hybridized carbons (Fsp3) is 0.241. The molecule has 0 aromatic heterocycles. The Hall–Kier alpha value is -4.44. The molecule has 1 aliphatic rings. The van der Waals surface area contributed by atoms with Crippen LogP contribution in [-0.2, 0) is 0 Å². The molecule has 0 fully saturated rings. The van der Waals surface area contributed by atoms with Crippen molar-refractivity contribution >= 4 is 5.97 Å². The maximum absolute atomic E-state index is 12.6. The zero-order valence-electron chi connectivity index (χ0n) is 20.7. The van der Waals surface area contributed by atoms with Crippen LogP contribution in [0.3, 0.4) is 0 Å². The number of aryl methyl sites for hydroxylation is 1. The first-order valence-electron chi connectivity index (χ1n) is 11.6. The van der Waals surface area contributed by atoms with Crippen molar-refractivity contribution in [3.8, 4) is 29.1 Å². The third-order valence-corrected chi connectivity index (χ3v) is 5.78. The highest BCUT2D eigenvalue weighted by atomic mass is 16.5. The summed E-state index contributed by atoms with van der Waals surface area (Å²) in [4.78, 5) is 12.6. The molecule has 1 heterocycles. The predicted molar refractivity (Wildman–Crippen MR) is 135 cm³/mol. The van der Waals surface area contributed by atoms with Gasteiger partial charge in [0.25, 0.3) is 0 Å². The van der Waals surface area contributed by atoms with E-state index in [0.717, 1.165) is 11.1 Å². The van der Waals surface area contributed by atoms with Gasteiger partial charge in [0, 0.05) is 11.6 Å². The van der Waals surface area contributed by atoms with Gasteiger partial charge in [-0.2, -0.15) is 5.26 Å². The molecule has 0 radical (unpaired) electrons. The smallest absolute Gasteiger partial charge is 0.343 e. The second-order valence-corrected chi connectivity index (χ2v) is 9.00. The van der Waals surface area contributed by atoms with E-state index in [1.165, 1.54) is 0 Å². The van der Waals surface area contributed by atoms with Crippen molar-refractivity contribution in [1.82, 2.24) is 0 Å². The van der Waals surface area contributed by atoms with Crippen LogP contribution in [0.25, 0.3) is 0 Å². The monoisotopic (exact) mass is 484 g/mol. The molecule has 0 saturated carbocycles. The Labute approximate surface area is 210 Å². The normalized spacial score (nSPS) is 14.5. The number of fused-ring (bicyclic) bond motifs is 1. The minimum absolute atomic E-state index is 0.00360. The zero-order chi connectivity index (χ0) is 25.8. The van der Waals surface area contributed by atoms with Gasteiger partial charge < -0.3 is 24.7 Å². The number of hydrogen-bond donors (Lipinski definition) is 1. The van der Waals surface area contributed by atoms with Crippen molar-refractivity contribution in [1.29, 1.82) is 5.26 Å². The lowest BCUT2D eigenvalue weighted by Crippen LogP contribution is -2.21. The van der Waals surface area contributed by atoms with E-state index in [1.807, 2.05) is 37.3 Å². The third-order valence-electron chi connectivity index (χ3n) is 5.78. The molecule has 0 amide bonds. The molecule has 1 atom stereocenters. The Bertz CT molecular complexity index is 1350. The number of allylic oxidation sites excluding steroid dienone is 1. The Morgan fingerprint density at radius 2 is 1.83 bits per heavy atom. The Kier molecular flexibility index (Phi) is 7.16. The number of carbonyl (C=O) groups is 1. The van der Waals surface area contributed by atoms with Gasteiger partial charge in [0.1, 0.15) is 23.1 Å². The number of hydrogen-bond acceptors (Lipinski definition) is 7. The number of nitrogens with two attached hydrogens (primary N) is 1. The van der Waals surface area contributed by atoms with Crippen LogP contribution in [0, 0.1) is 24.2 Å². The molecule has 7 nitrogen and oxygen atoms in total. The Balaban J connectivity index is 1.67. The highest BCUT2D eigenvalue weighted by Gasteiger charge is 2.32. The topological polar surface area (TPSA) is 104 Å². The van der Waals surface area contributed by atoms with E-state index >= 15 is 0 Å². The molecule has 4 rings (SSSR count). The highest BCUT2D eigenvalue weighted by molar-refractivity contribution is 5.91. The second-order valence-electron chi connectivity index (χ2n) is 9.00. The molecule has 0 bridgehead atoms. The van der Waals surface area contributed by atoms with Gasteiger partial charge in [0.2, 0.25) is 5.88 Å². The van der Waals surface area contributed by atoms with Crippen molar-refractivity contribution in [2.45, 2.75) is 26.7 Å². The summed E-state index contributed by atoms with van der Waals surface area (Å²) in [7, 11) is 1.57. The molecule has 1 unspecified atom stereocenters. The molecule has 0 aliphatic carbocycles. The number of ether oxygens (including phenoxy) is 4. The summed E-state index contributed by atoms with van der Waals surface area (Å²) >= 11 is 0. The first-order valence-corrected chi connectivity index (χ1v) is 11.6. The van der Waals surface area contributed by atoms with Crippen LogP contribution in [0.2, 0.25) is 0 Å². The standard InChI is InChI=1S/C29H28N2O5/c1-17(2)16-34-24-12-9-20(13-26(24)33-4)27-22-11-10-21(14-25(22)36-28(31)23(27)15-30)35-29(32)19-7-5-18(3)6-8-19/h5-14,17,27H,16,31H2,1-4H3. The SMILES string of the molecule is COc1cc(C2C(C#N)=C(N)Oc3cc(OC(=O)c4ccc(C)cc4)ccc32)ccc1OCC(C)C. The first-order chi connectivity index (χ1) is 17.3. The fourth-order valence-corrected chi connectivity index (χ4v) is 3.94. The summed E-state index contributed by atoms with van der Waals surface area (Å²) in [5, 5.41) is 9.87. The van der Waals surface area contributed by atoms with Crippen molar-refractivity contribution in [3.63, 3.8) is 0 Å². The number of benzene rings is 3. The van der Waals surface area contributed by atoms with Crippen LogP contribution < -0.4 is 24.7 Å². The third kappa shape index (κ3) is 5.13. The van der Waals surface area contributed by atoms with Crippen LogP contribution >= 0.6 is 0 Å². The van der Waals surface area contributed by atoms with Gasteiger partial charge in [-0.3, -0.25) is 0 Å². The molecule has 0 spiro atoms. The quantitative estimate of drug-likeness (QED) is 0.350. The van der Waals surface area contributed by atoms with Crippen molar-refractivity contribution in [2.24, 2.45) is 11.7 Å². The van der Waals surface area contributed by atoms with E-state index in [9.17, 15) is 10.1 Å². The van der Waals surface area contributed by atoms with Crippen LogP contribution in [0.15, 0.2) is 72.1 Å². The summed E-state index contributed by atoms with van der Waals surface area (Å²) < 4.78 is 22.8. The molecule has 36 heavy (non-hydrogen) atoms. The highest BCUT2D eigenvalue weighted by Crippen LogP contribution is 2.45. The summed E-state index contributed by atoms with van der Waals surface area (Å²) in [5.41, 5.74) is 9.42. The molecule has 3 aromatic rings. The molecule has 2 N–H and O–H groups in total. The van der Waals surface area contributed by atoms with E-state index in [1.54, 1.807) is 37.4 Å². The molecule has 3 aromatic carbocycles. The number of methoxy groups -OCH3 is 1. The summed E-state index contributed by atoms with van der Waals surface area (Å²) in [6.45, 7) is 6.63. The number of esters is 1. The van der Waals surface area contributed by atoms with Gasteiger partial charge in [0.15, 0.2) is 11.5 Å². The maximum atomic E-state index is 12.6. The average molecular weight is 485 g/mol. The summed E-state index contributed by atoms with van der Waals surface area (Å²) in [6, 6.07) is 19.9. The van der Waals surface area contributed by atoms with Crippen molar-refractivity contribution in [3.05, 3.63) is 94.4 Å². The van der Waals surface area contributed by atoms with E-state index in [4.69, 9.17) is 24.7 Å². The minimum Gasteiger partial charge on any atom is -0.493 e. The van der Waals surface area contributed by atoms with Crippen LogP contribution in [-0.4, -0.2) is 19.7 Å². The average Bonchev–Trinajstić information content (AvgIpc) is 2.86. The molecule has 7 heteroatoms. The Morgan fingerprint density at radius 3 is 2.50 bits per heavy atom. The van der Waals surface area contributed by atoms with Gasteiger partial charge >= 0.3 is 5.97 Å². The van der Waals surface area contributed by atoms with Gasteiger partial charge in [-0.05, 0) is 48.7 Å². The molecule has 1 aliphatic heterocycles. The van der Waals surface area contributed by atoms with Gasteiger partial charge in [0.05, 0.1) is 25.2 Å². The second kappa shape index (κ2) is 10.4. The van der Waals surface area contributed by atoms with Crippen LogP contribution in [0.4, 0.5) is 0 Å². The lowest BCUT2D eigenvalue weighted by molar-refractivity contribution is 0.0734. The van der Waals surface area contributed by atoms with Crippen LogP contribution in [0.1, 0.15) is 46.8 Å². The van der Waals surface area contributed by atoms with E-state index in [-0.39, 0.29) is 11.5 Å². The number of nitrogens with zero attached hydrogens (tertiary/aromatic N) is 1. The largest absolute Gasteiger partial charge is 0.493 e. The first kappa shape index (κ1) is 24.7. The van der Waals surface area contributed by atoms with Gasteiger partial charge in [-0.1, -0.05) is 43.7 Å². The van der Waals surface area contributed by atoms with E-state index in [0.29, 0.717) is 46.6 Å². The lowest BCUT2D eigenvalue weighted by Gasteiger charge is -2.27. The summed E-state index contributed by atoms with van der Waals surface area (Å²) in [6.07, 6.45) is 0. The Morgan fingerprint density at radius 1 is 1.08 bits per heavy atom.